The number of alkyl halides is 1. The van der Waals surface area contributed by atoms with E-state index in [0.717, 1.165) is 4.90 Å². The number of nitrogens with zero attached hydrogens (tertiary/aromatic N) is 1. The van der Waals surface area contributed by atoms with Crippen LogP contribution in [-0.4, -0.2) is 69.6 Å². The van der Waals surface area contributed by atoms with Crippen LogP contribution in [0.5, 0.6) is 0 Å². The molecule has 0 aliphatic carbocycles. The molecule has 0 aromatic heterocycles. The molecule has 0 aromatic carbocycles. The molecule has 0 saturated heterocycles. The highest BCUT2D eigenvalue weighted by molar-refractivity contribution is 6.12. The largest absolute Gasteiger partial charge is 0.377 e. The molecular formula is C12H18FNO5. The van der Waals surface area contributed by atoms with Gasteiger partial charge < -0.3 is 14.2 Å². The number of carbonyl (C=O) groups excluding carboxylic acids is 2. The Morgan fingerprint density at radius 2 is 1.32 bits per heavy atom. The van der Waals surface area contributed by atoms with E-state index in [9.17, 15) is 14.0 Å². The van der Waals surface area contributed by atoms with E-state index in [1.165, 1.54) is 12.2 Å². The van der Waals surface area contributed by atoms with E-state index in [1.807, 2.05) is 0 Å². The van der Waals surface area contributed by atoms with Crippen LogP contribution < -0.4 is 0 Å². The van der Waals surface area contributed by atoms with E-state index in [2.05, 4.69) is 0 Å². The number of imide groups is 1. The molecule has 0 unspecified atom stereocenters. The van der Waals surface area contributed by atoms with Crippen LogP contribution in [0.3, 0.4) is 0 Å². The van der Waals surface area contributed by atoms with E-state index in [1.54, 1.807) is 0 Å². The summed E-state index contributed by atoms with van der Waals surface area (Å²) in [6, 6.07) is 0. The fourth-order valence-corrected chi connectivity index (χ4v) is 1.40. The second kappa shape index (κ2) is 9.60. The molecule has 7 heteroatoms. The smallest absolute Gasteiger partial charge is 0.253 e. The van der Waals surface area contributed by atoms with E-state index < -0.39 is 6.67 Å². The lowest BCUT2D eigenvalue weighted by Crippen LogP contribution is -2.33. The number of rotatable bonds is 11. The third-order valence-corrected chi connectivity index (χ3v) is 2.33. The van der Waals surface area contributed by atoms with Crippen molar-refractivity contribution in [2.45, 2.75) is 0 Å². The van der Waals surface area contributed by atoms with E-state index in [0.29, 0.717) is 26.4 Å². The average molecular weight is 275 g/mol. The zero-order chi connectivity index (χ0) is 13.9. The van der Waals surface area contributed by atoms with Gasteiger partial charge >= 0.3 is 0 Å². The van der Waals surface area contributed by atoms with Crippen LogP contribution in [0.4, 0.5) is 4.39 Å². The highest BCUT2D eigenvalue weighted by Crippen LogP contribution is 2.02. The molecule has 0 spiro atoms. The first-order chi connectivity index (χ1) is 9.25. The minimum absolute atomic E-state index is 0.0891. The van der Waals surface area contributed by atoms with Gasteiger partial charge in [0.15, 0.2) is 0 Å². The summed E-state index contributed by atoms with van der Waals surface area (Å²) in [5, 5.41) is 0. The highest BCUT2D eigenvalue weighted by Gasteiger charge is 2.22. The summed E-state index contributed by atoms with van der Waals surface area (Å²) in [6.07, 6.45) is 2.48. The molecule has 108 valence electrons. The number of halogens is 1. The van der Waals surface area contributed by atoms with Crippen LogP contribution in [0, 0.1) is 0 Å². The molecular weight excluding hydrogens is 257 g/mol. The molecule has 1 aliphatic heterocycles. The molecule has 0 bridgehead atoms. The van der Waals surface area contributed by atoms with Gasteiger partial charge in [-0.2, -0.15) is 0 Å². The highest BCUT2D eigenvalue weighted by atomic mass is 19.1. The molecule has 0 fully saturated rings. The van der Waals surface area contributed by atoms with Gasteiger partial charge in [-0.3, -0.25) is 14.5 Å². The standard InChI is InChI=1S/C12H18FNO5/c13-3-5-17-7-9-19-10-8-18-6-4-14-11(15)1-2-12(14)16/h1-2H,3-10H2. The van der Waals surface area contributed by atoms with Crippen LogP contribution in [0.1, 0.15) is 0 Å². The summed E-state index contributed by atoms with van der Waals surface area (Å²) >= 11 is 0. The first kappa shape index (κ1) is 15.7. The lowest BCUT2D eigenvalue weighted by atomic mass is 10.5. The van der Waals surface area contributed by atoms with Crippen LogP contribution in [0.2, 0.25) is 0 Å². The zero-order valence-electron chi connectivity index (χ0n) is 10.7. The minimum atomic E-state index is -0.494. The Hall–Kier alpha value is -1.31. The fraction of sp³-hybridized carbons (Fsp3) is 0.667. The molecule has 2 amide bonds. The monoisotopic (exact) mass is 275 g/mol. The van der Waals surface area contributed by atoms with E-state index in [4.69, 9.17) is 14.2 Å². The predicted octanol–water partition coefficient (Wildman–Crippen LogP) is -0.0693. The summed E-state index contributed by atoms with van der Waals surface area (Å²) < 4.78 is 26.9. The van der Waals surface area contributed by atoms with Crippen LogP contribution >= 0.6 is 0 Å². The number of carbonyl (C=O) groups is 2. The van der Waals surface area contributed by atoms with Crippen molar-refractivity contribution in [2.75, 3.05) is 52.9 Å². The van der Waals surface area contributed by atoms with Gasteiger partial charge in [0.1, 0.15) is 6.67 Å². The molecule has 0 radical (unpaired) electrons. The van der Waals surface area contributed by atoms with Crippen molar-refractivity contribution in [3.05, 3.63) is 12.2 Å². The maximum absolute atomic E-state index is 11.6. The molecule has 1 aliphatic rings. The number of ether oxygens (including phenoxy) is 3. The molecule has 6 nitrogen and oxygen atoms in total. The summed E-state index contributed by atoms with van der Waals surface area (Å²) in [5.74, 6) is -0.621. The Balaban J connectivity index is 1.86. The van der Waals surface area contributed by atoms with Crippen molar-refractivity contribution in [1.29, 1.82) is 0 Å². The van der Waals surface area contributed by atoms with Crippen LogP contribution in [0.15, 0.2) is 12.2 Å². The van der Waals surface area contributed by atoms with Gasteiger partial charge in [-0.15, -0.1) is 0 Å². The summed E-state index contributed by atoms with van der Waals surface area (Å²) in [7, 11) is 0. The van der Waals surface area contributed by atoms with E-state index >= 15 is 0 Å². The predicted molar refractivity (Wildman–Crippen MR) is 64.3 cm³/mol. The Labute approximate surface area is 111 Å². The zero-order valence-corrected chi connectivity index (χ0v) is 10.7. The average Bonchev–Trinajstić information content (AvgIpc) is 2.72. The Bertz CT molecular complexity index is 303. The van der Waals surface area contributed by atoms with Gasteiger partial charge in [0.05, 0.1) is 46.2 Å². The van der Waals surface area contributed by atoms with Gasteiger partial charge in [-0.1, -0.05) is 0 Å². The number of amides is 2. The van der Waals surface area contributed by atoms with Crippen molar-refractivity contribution >= 4 is 11.8 Å². The van der Waals surface area contributed by atoms with Crippen molar-refractivity contribution in [1.82, 2.24) is 4.90 Å². The topological polar surface area (TPSA) is 65.1 Å². The van der Waals surface area contributed by atoms with Crippen molar-refractivity contribution < 1.29 is 28.2 Å². The van der Waals surface area contributed by atoms with Crippen LogP contribution in [-0.2, 0) is 23.8 Å². The second-order valence-electron chi connectivity index (χ2n) is 3.69. The number of hydrogen-bond donors (Lipinski definition) is 0. The first-order valence-corrected chi connectivity index (χ1v) is 6.08. The quantitative estimate of drug-likeness (QED) is 0.390. The normalized spacial score (nSPS) is 14.7. The molecule has 1 rings (SSSR count). The third-order valence-electron chi connectivity index (χ3n) is 2.33. The fourth-order valence-electron chi connectivity index (χ4n) is 1.40. The van der Waals surface area contributed by atoms with Gasteiger partial charge in [0.25, 0.3) is 11.8 Å². The molecule has 0 aromatic rings. The van der Waals surface area contributed by atoms with Gasteiger partial charge in [-0.25, -0.2) is 4.39 Å². The van der Waals surface area contributed by atoms with Crippen molar-refractivity contribution in [3.63, 3.8) is 0 Å². The maximum atomic E-state index is 11.6. The molecule has 1 heterocycles. The first-order valence-electron chi connectivity index (χ1n) is 6.08. The molecule has 19 heavy (non-hydrogen) atoms. The Kier molecular flexibility index (Phi) is 7.95. The second-order valence-corrected chi connectivity index (χ2v) is 3.69. The third kappa shape index (κ3) is 6.42. The Morgan fingerprint density at radius 3 is 1.84 bits per heavy atom. The minimum Gasteiger partial charge on any atom is -0.377 e. The molecule has 0 N–H and O–H groups in total. The lowest BCUT2D eigenvalue weighted by Gasteiger charge is -2.13. The Morgan fingerprint density at radius 1 is 0.842 bits per heavy atom. The summed E-state index contributed by atoms with van der Waals surface area (Å²) in [5.41, 5.74) is 0. The van der Waals surface area contributed by atoms with Crippen molar-refractivity contribution in [2.24, 2.45) is 0 Å². The summed E-state index contributed by atoms with van der Waals surface area (Å²) in [6.45, 7) is 1.61. The SMILES string of the molecule is O=C1C=CC(=O)N1CCOCCOCCOCCF. The van der Waals surface area contributed by atoms with Gasteiger partial charge in [-0.05, 0) is 0 Å². The van der Waals surface area contributed by atoms with E-state index in [-0.39, 0.29) is 31.6 Å². The van der Waals surface area contributed by atoms with Gasteiger partial charge in [0, 0.05) is 12.2 Å². The molecule has 0 saturated carbocycles. The van der Waals surface area contributed by atoms with Gasteiger partial charge in [0.2, 0.25) is 0 Å². The molecule has 0 atom stereocenters. The lowest BCUT2D eigenvalue weighted by molar-refractivity contribution is -0.137. The maximum Gasteiger partial charge on any atom is 0.253 e. The summed E-state index contributed by atoms with van der Waals surface area (Å²) in [4.78, 5) is 23.5. The van der Waals surface area contributed by atoms with Crippen molar-refractivity contribution in [3.8, 4) is 0 Å². The van der Waals surface area contributed by atoms with Crippen LogP contribution in [0.25, 0.3) is 0 Å². The number of hydrogen-bond acceptors (Lipinski definition) is 5.